The Hall–Kier alpha value is -0.100. The summed E-state index contributed by atoms with van der Waals surface area (Å²) in [5, 5.41) is 7.64. The Balaban J connectivity index is 1.60. The first-order valence-corrected chi connectivity index (χ1v) is 8.59. The van der Waals surface area contributed by atoms with Crippen LogP contribution in [-0.2, 0) is 6.54 Å². The molecule has 0 bridgehead atoms. The van der Waals surface area contributed by atoms with Gasteiger partial charge in [0.05, 0.1) is 10.7 Å². The second-order valence-corrected chi connectivity index (χ2v) is 7.39. The molecule has 0 unspecified atom stereocenters. The molecule has 1 fully saturated rings. The smallest absolute Gasteiger partial charge is 0.0897 e. The third-order valence-corrected chi connectivity index (χ3v) is 5.39. The lowest BCUT2D eigenvalue weighted by Crippen LogP contribution is -2.30. The zero-order valence-corrected chi connectivity index (χ0v) is 12.9. The second-order valence-electron chi connectivity index (χ2n) is 4.92. The maximum absolute atomic E-state index is 4.51. The number of hydrogen-bond acceptors (Lipinski definition) is 5. The SMILES string of the molecule is Cc1nc(CN(C)CCSC2CCNCC2)cs1. The van der Waals surface area contributed by atoms with Crippen LogP contribution < -0.4 is 5.32 Å². The van der Waals surface area contributed by atoms with Crippen molar-refractivity contribution in [3.63, 3.8) is 0 Å². The number of piperidine rings is 1. The molecular formula is C13H23N3S2. The quantitative estimate of drug-likeness (QED) is 0.868. The molecule has 5 heteroatoms. The van der Waals surface area contributed by atoms with Crippen LogP contribution in [0.1, 0.15) is 23.5 Å². The third kappa shape index (κ3) is 4.88. The van der Waals surface area contributed by atoms with Crippen LogP contribution in [0.25, 0.3) is 0 Å². The molecule has 1 aromatic rings. The van der Waals surface area contributed by atoms with Gasteiger partial charge in [0.15, 0.2) is 0 Å². The first-order chi connectivity index (χ1) is 8.74. The van der Waals surface area contributed by atoms with E-state index in [4.69, 9.17) is 0 Å². The second kappa shape index (κ2) is 7.48. The van der Waals surface area contributed by atoms with Gasteiger partial charge in [-0.1, -0.05) is 0 Å². The summed E-state index contributed by atoms with van der Waals surface area (Å²) in [4.78, 5) is 6.89. The molecular weight excluding hydrogens is 262 g/mol. The minimum atomic E-state index is 0.876. The number of aromatic nitrogens is 1. The van der Waals surface area contributed by atoms with Crippen LogP contribution >= 0.6 is 23.1 Å². The number of rotatable bonds is 6. The Morgan fingerprint density at radius 2 is 2.28 bits per heavy atom. The van der Waals surface area contributed by atoms with Gasteiger partial charge >= 0.3 is 0 Å². The van der Waals surface area contributed by atoms with Gasteiger partial charge < -0.3 is 5.32 Å². The molecule has 1 aromatic heterocycles. The summed E-state index contributed by atoms with van der Waals surface area (Å²) in [6, 6.07) is 0. The van der Waals surface area contributed by atoms with Crippen LogP contribution in [0, 0.1) is 6.92 Å². The van der Waals surface area contributed by atoms with Gasteiger partial charge in [-0.15, -0.1) is 11.3 Å². The monoisotopic (exact) mass is 285 g/mol. The Morgan fingerprint density at radius 1 is 1.50 bits per heavy atom. The van der Waals surface area contributed by atoms with Crippen molar-refractivity contribution in [2.45, 2.75) is 31.6 Å². The highest BCUT2D eigenvalue weighted by atomic mass is 32.2. The molecule has 0 aliphatic carbocycles. The van der Waals surface area contributed by atoms with Crippen LogP contribution in [0.15, 0.2) is 5.38 Å². The summed E-state index contributed by atoms with van der Waals surface area (Å²) >= 11 is 3.89. The van der Waals surface area contributed by atoms with E-state index in [2.05, 4.69) is 46.3 Å². The van der Waals surface area contributed by atoms with Gasteiger partial charge in [0.1, 0.15) is 0 Å². The van der Waals surface area contributed by atoms with E-state index in [0.29, 0.717) is 0 Å². The molecule has 1 N–H and O–H groups in total. The molecule has 1 saturated heterocycles. The fraction of sp³-hybridized carbons (Fsp3) is 0.769. The van der Waals surface area contributed by atoms with Crippen molar-refractivity contribution in [2.75, 3.05) is 32.4 Å². The van der Waals surface area contributed by atoms with E-state index >= 15 is 0 Å². The van der Waals surface area contributed by atoms with E-state index in [1.165, 1.54) is 42.4 Å². The van der Waals surface area contributed by atoms with Gasteiger partial charge in [0.2, 0.25) is 0 Å². The highest BCUT2D eigenvalue weighted by Gasteiger charge is 2.13. The fourth-order valence-corrected chi connectivity index (χ4v) is 4.10. The molecule has 0 amide bonds. The number of thioether (sulfide) groups is 1. The molecule has 0 spiro atoms. The van der Waals surface area contributed by atoms with Gasteiger partial charge in [-0.2, -0.15) is 11.8 Å². The van der Waals surface area contributed by atoms with Crippen molar-refractivity contribution in [1.29, 1.82) is 0 Å². The number of nitrogens with zero attached hydrogens (tertiary/aromatic N) is 2. The lowest BCUT2D eigenvalue weighted by Gasteiger charge is -2.23. The van der Waals surface area contributed by atoms with E-state index in [9.17, 15) is 0 Å². The minimum Gasteiger partial charge on any atom is -0.317 e. The standard InChI is InChI=1S/C13H23N3S2/c1-11-15-12(10-18-11)9-16(2)7-8-17-13-3-5-14-6-4-13/h10,13-14H,3-9H2,1-2H3. The lowest BCUT2D eigenvalue weighted by atomic mass is 10.2. The summed E-state index contributed by atoms with van der Waals surface area (Å²) in [7, 11) is 2.19. The topological polar surface area (TPSA) is 28.2 Å². The predicted molar refractivity (Wildman–Crippen MR) is 81.5 cm³/mol. The average molecular weight is 285 g/mol. The Kier molecular flexibility index (Phi) is 5.95. The van der Waals surface area contributed by atoms with Crippen molar-refractivity contribution < 1.29 is 0 Å². The molecule has 102 valence electrons. The predicted octanol–water partition coefficient (Wildman–Crippen LogP) is 2.37. The summed E-state index contributed by atoms with van der Waals surface area (Å²) in [6.45, 7) is 6.61. The van der Waals surface area contributed by atoms with Crippen LogP contribution in [0.4, 0.5) is 0 Å². The highest BCUT2D eigenvalue weighted by Crippen LogP contribution is 2.20. The number of thiazole rings is 1. The van der Waals surface area contributed by atoms with Crippen molar-refractivity contribution >= 4 is 23.1 Å². The van der Waals surface area contributed by atoms with Crippen LogP contribution in [0.5, 0.6) is 0 Å². The number of hydrogen-bond donors (Lipinski definition) is 1. The van der Waals surface area contributed by atoms with Gasteiger partial charge in [-0.05, 0) is 39.9 Å². The molecule has 0 aromatic carbocycles. The third-order valence-electron chi connectivity index (χ3n) is 3.21. The Bertz CT molecular complexity index is 348. The fourth-order valence-electron chi connectivity index (χ4n) is 2.17. The zero-order valence-electron chi connectivity index (χ0n) is 11.3. The van der Waals surface area contributed by atoms with E-state index in [0.717, 1.165) is 18.3 Å². The molecule has 0 saturated carbocycles. The van der Waals surface area contributed by atoms with Gasteiger partial charge in [-0.25, -0.2) is 4.98 Å². The molecule has 3 nitrogen and oxygen atoms in total. The normalized spacial score (nSPS) is 17.5. The summed E-state index contributed by atoms with van der Waals surface area (Å²) in [5.41, 5.74) is 1.21. The molecule has 1 aliphatic rings. The maximum Gasteiger partial charge on any atom is 0.0897 e. The first-order valence-electron chi connectivity index (χ1n) is 6.66. The lowest BCUT2D eigenvalue weighted by molar-refractivity contribution is 0.344. The van der Waals surface area contributed by atoms with E-state index in [1.54, 1.807) is 11.3 Å². The van der Waals surface area contributed by atoms with E-state index in [1.807, 2.05) is 0 Å². The molecule has 18 heavy (non-hydrogen) atoms. The van der Waals surface area contributed by atoms with E-state index in [-0.39, 0.29) is 0 Å². The van der Waals surface area contributed by atoms with Crippen LogP contribution in [0.2, 0.25) is 0 Å². The van der Waals surface area contributed by atoms with Crippen molar-refractivity contribution in [3.8, 4) is 0 Å². The summed E-state index contributed by atoms with van der Waals surface area (Å²) < 4.78 is 0. The molecule has 0 atom stereocenters. The van der Waals surface area contributed by atoms with Crippen molar-refractivity contribution in [2.24, 2.45) is 0 Å². The minimum absolute atomic E-state index is 0.876. The Morgan fingerprint density at radius 3 is 2.94 bits per heavy atom. The first kappa shape index (κ1) is 14.3. The largest absolute Gasteiger partial charge is 0.317 e. The molecule has 0 radical (unpaired) electrons. The summed E-state index contributed by atoms with van der Waals surface area (Å²) in [5.74, 6) is 1.24. The molecule has 2 rings (SSSR count). The van der Waals surface area contributed by atoms with Crippen LogP contribution in [0.3, 0.4) is 0 Å². The summed E-state index contributed by atoms with van der Waals surface area (Å²) in [6.07, 6.45) is 2.67. The van der Waals surface area contributed by atoms with Crippen molar-refractivity contribution in [1.82, 2.24) is 15.2 Å². The number of aryl methyl sites for hydroxylation is 1. The number of nitrogens with one attached hydrogen (secondary N) is 1. The van der Waals surface area contributed by atoms with Gasteiger partial charge in [0.25, 0.3) is 0 Å². The van der Waals surface area contributed by atoms with Gasteiger partial charge in [-0.3, -0.25) is 4.90 Å². The zero-order chi connectivity index (χ0) is 12.8. The highest BCUT2D eigenvalue weighted by molar-refractivity contribution is 7.99. The molecule has 2 heterocycles. The van der Waals surface area contributed by atoms with E-state index < -0.39 is 0 Å². The van der Waals surface area contributed by atoms with Gasteiger partial charge in [0, 0.05) is 29.5 Å². The van der Waals surface area contributed by atoms with Crippen molar-refractivity contribution in [3.05, 3.63) is 16.1 Å². The Labute approximate surface area is 118 Å². The molecule has 1 aliphatic heterocycles. The maximum atomic E-state index is 4.51. The average Bonchev–Trinajstić information content (AvgIpc) is 2.76. The van der Waals surface area contributed by atoms with Crippen LogP contribution in [-0.4, -0.2) is 47.6 Å².